The summed E-state index contributed by atoms with van der Waals surface area (Å²) in [5.74, 6) is 0.0208. The van der Waals surface area contributed by atoms with Crippen LogP contribution in [0.5, 0.6) is 0 Å². The smallest absolute Gasteiger partial charge is 0.338 e. The average molecular weight is 420 g/mol. The van der Waals surface area contributed by atoms with Crippen molar-refractivity contribution >= 4 is 22.8 Å². The summed E-state index contributed by atoms with van der Waals surface area (Å²) in [6.07, 6.45) is 1.52. The minimum absolute atomic E-state index is 0.244. The summed E-state index contributed by atoms with van der Waals surface area (Å²) >= 11 is 0. The Morgan fingerprint density at radius 1 is 1.10 bits per heavy atom. The van der Waals surface area contributed by atoms with Gasteiger partial charge in [0.1, 0.15) is 24.9 Å². The van der Waals surface area contributed by atoms with Crippen LogP contribution in [0.4, 0.5) is 4.79 Å². The van der Waals surface area contributed by atoms with Gasteiger partial charge in [-0.1, -0.05) is 36.4 Å². The number of hydrogen-bond donors (Lipinski definition) is 3. The molecule has 0 saturated heterocycles. The van der Waals surface area contributed by atoms with Gasteiger partial charge < -0.3 is 24.7 Å². The minimum Gasteiger partial charge on any atom is -0.467 e. The van der Waals surface area contributed by atoms with Crippen LogP contribution in [0.2, 0.25) is 0 Å². The van der Waals surface area contributed by atoms with Crippen LogP contribution in [0.3, 0.4) is 0 Å². The van der Waals surface area contributed by atoms with E-state index in [1.165, 1.54) is 22.6 Å². The van der Waals surface area contributed by atoms with Crippen LogP contribution in [0, 0.1) is 0 Å². The molecule has 0 spiro atoms. The first-order valence-corrected chi connectivity index (χ1v) is 10.3. The van der Waals surface area contributed by atoms with Crippen LogP contribution < -0.4 is 15.5 Å². The molecule has 3 aromatic rings. The quantitative estimate of drug-likeness (QED) is 0.512. The van der Waals surface area contributed by atoms with Gasteiger partial charge in [-0.3, -0.25) is 0 Å². The Kier molecular flexibility index (Phi) is 6.04. The van der Waals surface area contributed by atoms with E-state index in [9.17, 15) is 9.59 Å². The maximum atomic E-state index is 12.8. The number of likely N-dealkylation sites (N-methyl/N-ethyl adjacent to an activating group) is 1. The van der Waals surface area contributed by atoms with Crippen molar-refractivity contribution in [2.24, 2.45) is 0 Å². The maximum Gasteiger partial charge on any atom is 0.338 e. The molecule has 0 saturated carbocycles. The van der Waals surface area contributed by atoms with Crippen molar-refractivity contribution < 1.29 is 23.6 Å². The highest BCUT2D eigenvalue weighted by atomic mass is 16.5. The molecule has 1 unspecified atom stereocenters. The van der Waals surface area contributed by atoms with Gasteiger partial charge in [-0.05, 0) is 35.9 Å². The number of urea groups is 1. The van der Waals surface area contributed by atoms with Crippen LogP contribution in [-0.2, 0) is 16.1 Å². The number of furan rings is 1. The molecule has 0 aliphatic carbocycles. The Labute approximate surface area is 180 Å². The molecule has 1 aliphatic rings. The average Bonchev–Trinajstić information content (AvgIpc) is 3.28. The molecule has 3 N–H and O–H groups in total. The number of amides is 2. The fraction of sp³-hybridized carbons (Fsp3) is 0.250. The highest BCUT2D eigenvalue weighted by molar-refractivity contribution is 5.95. The number of ether oxygens (including phenoxy) is 1. The fourth-order valence-electron chi connectivity index (χ4n) is 3.94. The molecule has 0 fully saturated rings. The molecule has 0 radical (unpaired) electrons. The van der Waals surface area contributed by atoms with E-state index in [4.69, 9.17) is 9.15 Å². The third kappa shape index (κ3) is 4.62. The van der Waals surface area contributed by atoms with Gasteiger partial charge in [-0.15, -0.1) is 0 Å². The minimum atomic E-state index is -0.689. The Morgan fingerprint density at radius 2 is 1.90 bits per heavy atom. The second-order valence-electron chi connectivity index (χ2n) is 7.65. The van der Waals surface area contributed by atoms with Crippen LogP contribution >= 0.6 is 0 Å². The predicted octanol–water partition coefficient (Wildman–Crippen LogP) is 2.32. The zero-order chi connectivity index (χ0) is 21.8. The molecule has 1 aliphatic heterocycles. The van der Waals surface area contributed by atoms with E-state index in [0.29, 0.717) is 23.6 Å². The molecule has 2 atom stereocenters. The molecule has 31 heavy (non-hydrogen) atoms. The van der Waals surface area contributed by atoms with Gasteiger partial charge in [-0.25, -0.2) is 9.59 Å². The first-order valence-electron chi connectivity index (χ1n) is 10.3. The van der Waals surface area contributed by atoms with Gasteiger partial charge in [0.05, 0.1) is 31.2 Å². The summed E-state index contributed by atoms with van der Waals surface area (Å²) in [5, 5.41) is 7.96. The first kappa shape index (κ1) is 20.7. The molecule has 7 heteroatoms. The number of fused-ring (bicyclic) bond motifs is 1. The van der Waals surface area contributed by atoms with Gasteiger partial charge in [0.25, 0.3) is 0 Å². The summed E-state index contributed by atoms with van der Waals surface area (Å²) < 4.78 is 10.8. The van der Waals surface area contributed by atoms with Gasteiger partial charge in [-0.2, -0.15) is 0 Å². The Balaban J connectivity index is 1.60. The molecule has 0 bridgehead atoms. The van der Waals surface area contributed by atoms with E-state index in [2.05, 4.69) is 41.0 Å². The highest BCUT2D eigenvalue weighted by Crippen LogP contribution is 2.27. The summed E-state index contributed by atoms with van der Waals surface area (Å²) in [6.45, 7) is 3.19. The normalized spacial score (nSPS) is 17.2. The summed E-state index contributed by atoms with van der Waals surface area (Å²) in [4.78, 5) is 26.2. The summed E-state index contributed by atoms with van der Waals surface area (Å²) in [5.41, 5.74) is 2.09. The number of nitrogens with one attached hydrogen (secondary N) is 3. The molecule has 7 nitrogen and oxygen atoms in total. The topological polar surface area (TPSA) is 85.0 Å². The SMILES string of the molecule is CCOC(=O)C1=C(C[NH+](C)Cc2ccc3ccccc3c2)NC(=O)N[C@H]1c1ccco1. The van der Waals surface area contributed by atoms with E-state index in [1.54, 1.807) is 19.1 Å². The lowest BCUT2D eigenvalue weighted by atomic mass is 9.99. The lowest BCUT2D eigenvalue weighted by Gasteiger charge is -2.28. The number of quaternary nitrogens is 1. The second kappa shape index (κ2) is 9.06. The Morgan fingerprint density at radius 3 is 2.65 bits per heavy atom. The molecule has 4 rings (SSSR count). The van der Waals surface area contributed by atoms with E-state index in [-0.39, 0.29) is 12.6 Å². The molecule has 2 amide bonds. The van der Waals surface area contributed by atoms with Crippen molar-refractivity contribution in [1.82, 2.24) is 10.6 Å². The van der Waals surface area contributed by atoms with Crippen molar-refractivity contribution in [1.29, 1.82) is 0 Å². The van der Waals surface area contributed by atoms with E-state index in [0.717, 1.165) is 11.4 Å². The molecule has 160 valence electrons. The lowest BCUT2D eigenvalue weighted by Crippen LogP contribution is -3.08. The van der Waals surface area contributed by atoms with Crippen LogP contribution in [0.25, 0.3) is 10.8 Å². The van der Waals surface area contributed by atoms with Crippen molar-refractivity contribution in [3.05, 3.63) is 83.5 Å². The van der Waals surface area contributed by atoms with Crippen molar-refractivity contribution in [3.63, 3.8) is 0 Å². The highest BCUT2D eigenvalue weighted by Gasteiger charge is 2.36. The third-order valence-corrected chi connectivity index (χ3v) is 5.28. The molecule has 1 aromatic heterocycles. The van der Waals surface area contributed by atoms with Crippen molar-refractivity contribution in [3.8, 4) is 0 Å². The third-order valence-electron chi connectivity index (χ3n) is 5.28. The van der Waals surface area contributed by atoms with Crippen LogP contribution in [0.1, 0.15) is 24.3 Å². The number of carbonyl (C=O) groups excluding carboxylic acids is 2. The van der Waals surface area contributed by atoms with Gasteiger partial charge in [0, 0.05) is 5.56 Å². The van der Waals surface area contributed by atoms with Gasteiger partial charge >= 0.3 is 12.0 Å². The standard InChI is InChI=1S/C24H25N3O4/c1-3-30-23(28)21-19(25-24(29)26-22(21)20-9-6-12-31-20)15-27(2)14-16-10-11-17-7-4-5-8-18(17)13-16/h4-13,22H,3,14-15H2,1-2H3,(H2,25,26,29)/p+1/t22-/m0/s1. The predicted molar refractivity (Wildman–Crippen MR) is 116 cm³/mol. The summed E-state index contributed by atoms with van der Waals surface area (Å²) in [6, 6.07) is 17.0. The van der Waals surface area contributed by atoms with Crippen LogP contribution in [-0.4, -0.2) is 32.2 Å². The van der Waals surface area contributed by atoms with E-state index < -0.39 is 12.0 Å². The fourth-order valence-corrected chi connectivity index (χ4v) is 3.94. The van der Waals surface area contributed by atoms with Crippen LogP contribution in [0.15, 0.2) is 76.5 Å². The monoisotopic (exact) mass is 420 g/mol. The number of hydrogen-bond acceptors (Lipinski definition) is 4. The molecule has 2 aromatic carbocycles. The van der Waals surface area contributed by atoms with Crippen molar-refractivity contribution in [2.45, 2.75) is 19.5 Å². The summed E-state index contributed by atoms with van der Waals surface area (Å²) in [7, 11) is 2.03. The zero-order valence-corrected chi connectivity index (χ0v) is 17.6. The maximum absolute atomic E-state index is 12.8. The van der Waals surface area contributed by atoms with Gasteiger partial charge in [0.15, 0.2) is 0 Å². The Hall–Kier alpha value is -3.58. The van der Waals surface area contributed by atoms with E-state index >= 15 is 0 Å². The number of rotatable bonds is 7. The molecule has 2 heterocycles. The number of esters is 1. The Bertz CT molecular complexity index is 1120. The second-order valence-corrected chi connectivity index (χ2v) is 7.65. The largest absolute Gasteiger partial charge is 0.467 e. The number of benzene rings is 2. The van der Waals surface area contributed by atoms with E-state index in [1.807, 2.05) is 19.2 Å². The lowest BCUT2D eigenvalue weighted by molar-refractivity contribution is -0.889. The zero-order valence-electron chi connectivity index (χ0n) is 17.6. The molecular formula is C24H26N3O4+. The van der Waals surface area contributed by atoms with Crippen molar-refractivity contribution in [2.75, 3.05) is 20.2 Å². The first-order chi connectivity index (χ1) is 15.0. The number of carbonyl (C=O) groups is 2. The molecular weight excluding hydrogens is 394 g/mol. The van der Waals surface area contributed by atoms with Gasteiger partial charge in [0.2, 0.25) is 0 Å².